The second-order valence-corrected chi connectivity index (χ2v) is 7.00. The highest BCUT2D eigenvalue weighted by molar-refractivity contribution is 7.98. The molecular weight excluding hydrogens is 311 g/mol. The van der Waals surface area contributed by atoms with Crippen LogP contribution in [0.4, 0.5) is 15.8 Å². The van der Waals surface area contributed by atoms with Crippen molar-refractivity contribution in [2.24, 2.45) is 0 Å². The lowest BCUT2D eigenvalue weighted by Crippen LogP contribution is -2.15. The number of anilines is 2. The summed E-state index contributed by atoms with van der Waals surface area (Å²) < 4.78 is 40.5. The lowest BCUT2D eigenvalue weighted by atomic mass is 10.2. The fourth-order valence-electron chi connectivity index (χ4n) is 1.83. The third-order valence-electron chi connectivity index (χ3n) is 2.93. The standard InChI is InChI=1S/C14H15FN2O2S2/c1-9-7-12(15)13(16)8-14(9)21(18,19)17-10-3-5-11(20-2)6-4-10/h3-8,17H,16H2,1-2H3. The minimum atomic E-state index is -3.81. The van der Waals surface area contributed by atoms with Crippen molar-refractivity contribution < 1.29 is 12.8 Å². The number of rotatable bonds is 4. The molecule has 2 aromatic carbocycles. The number of thioether (sulfide) groups is 1. The minimum Gasteiger partial charge on any atom is -0.396 e. The summed E-state index contributed by atoms with van der Waals surface area (Å²) in [5.41, 5.74) is 5.99. The number of nitrogens with two attached hydrogens (primary N) is 1. The Balaban J connectivity index is 2.35. The number of nitrogens with one attached hydrogen (secondary N) is 1. The fourth-order valence-corrected chi connectivity index (χ4v) is 3.56. The van der Waals surface area contributed by atoms with Crippen LogP contribution >= 0.6 is 11.8 Å². The van der Waals surface area contributed by atoms with Gasteiger partial charge in [0.15, 0.2) is 0 Å². The molecule has 0 aliphatic carbocycles. The first-order chi connectivity index (χ1) is 9.83. The molecule has 7 heteroatoms. The highest BCUT2D eigenvalue weighted by Crippen LogP contribution is 2.25. The van der Waals surface area contributed by atoms with Crippen LogP contribution in [0.2, 0.25) is 0 Å². The van der Waals surface area contributed by atoms with Crippen LogP contribution < -0.4 is 10.5 Å². The van der Waals surface area contributed by atoms with Gasteiger partial charge in [0.1, 0.15) is 5.82 Å². The van der Waals surface area contributed by atoms with E-state index in [1.165, 1.54) is 6.92 Å². The van der Waals surface area contributed by atoms with E-state index >= 15 is 0 Å². The van der Waals surface area contributed by atoms with Gasteiger partial charge in [0.05, 0.1) is 10.6 Å². The molecule has 0 unspecified atom stereocenters. The van der Waals surface area contributed by atoms with Crippen LogP contribution in [-0.4, -0.2) is 14.7 Å². The molecule has 21 heavy (non-hydrogen) atoms. The summed E-state index contributed by atoms with van der Waals surface area (Å²) in [6.07, 6.45) is 1.93. The van der Waals surface area contributed by atoms with Crippen molar-refractivity contribution in [3.63, 3.8) is 0 Å². The van der Waals surface area contributed by atoms with Crippen molar-refractivity contribution in [2.75, 3.05) is 16.7 Å². The topological polar surface area (TPSA) is 72.2 Å². The van der Waals surface area contributed by atoms with Gasteiger partial charge < -0.3 is 5.73 Å². The Labute approximate surface area is 127 Å². The van der Waals surface area contributed by atoms with Crippen molar-refractivity contribution in [3.05, 3.63) is 47.8 Å². The maximum absolute atomic E-state index is 13.3. The molecule has 0 amide bonds. The third kappa shape index (κ3) is 3.48. The first-order valence-electron chi connectivity index (χ1n) is 6.06. The Bertz CT molecular complexity index is 759. The van der Waals surface area contributed by atoms with Crippen LogP contribution in [0, 0.1) is 12.7 Å². The van der Waals surface area contributed by atoms with Gasteiger partial charge >= 0.3 is 0 Å². The molecule has 0 fully saturated rings. The molecule has 112 valence electrons. The Morgan fingerprint density at radius 2 is 1.81 bits per heavy atom. The van der Waals surface area contributed by atoms with E-state index in [2.05, 4.69) is 4.72 Å². The number of nitrogen functional groups attached to an aromatic ring is 1. The van der Waals surface area contributed by atoms with Gasteiger partial charge in [-0.15, -0.1) is 11.8 Å². The van der Waals surface area contributed by atoms with Gasteiger partial charge in [0.2, 0.25) is 0 Å². The Hall–Kier alpha value is -1.73. The third-order valence-corrected chi connectivity index (χ3v) is 5.19. The molecule has 3 N–H and O–H groups in total. The molecule has 4 nitrogen and oxygen atoms in total. The van der Waals surface area contributed by atoms with Gasteiger partial charge in [0.25, 0.3) is 10.0 Å². The van der Waals surface area contributed by atoms with Crippen LogP contribution in [0.3, 0.4) is 0 Å². The van der Waals surface area contributed by atoms with E-state index < -0.39 is 15.8 Å². The van der Waals surface area contributed by atoms with Gasteiger partial charge in [-0.1, -0.05) is 0 Å². The second kappa shape index (κ2) is 5.95. The van der Waals surface area contributed by atoms with Crippen molar-refractivity contribution in [2.45, 2.75) is 16.7 Å². The smallest absolute Gasteiger partial charge is 0.262 e. The number of benzene rings is 2. The zero-order valence-corrected chi connectivity index (χ0v) is 13.2. The van der Waals surface area contributed by atoms with Gasteiger partial charge in [-0.3, -0.25) is 4.72 Å². The Morgan fingerprint density at radius 1 is 1.19 bits per heavy atom. The van der Waals surface area contributed by atoms with Crippen molar-refractivity contribution in [1.82, 2.24) is 0 Å². The first-order valence-corrected chi connectivity index (χ1v) is 8.77. The van der Waals surface area contributed by atoms with Crippen LogP contribution in [0.25, 0.3) is 0 Å². The summed E-state index contributed by atoms with van der Waals surface area (Å²) >= 11 is 1.56. The second-order valence-electron chi connectivity index (χ2n) is 4.47. The molecule has 0 heterocycles. The lowest BCUT2D eigenvalue weighted by Gasteiger charge is -2.12. The fraction of sp³-hybridized carbons (Fsp3) is 0.143. The van der Waals surface area contributed by atoms with E-state index in [-0.39, 0.29) is 10.6 Å². The summed E-state index contributed by atoms with van der Waals surface area (Å²) in [4.78, 5) is 0.996. The Morgan fingerprint density at radius 3 is 2.38 bits per heavy atom. The molecule has 0 aliphatic rings. The monoisotopic (exact) mass is 326 g/mol. The molecule has 2 rings (SSSR count). The molecule has 0 spiro atoms. The van der Waals surface area contributed by atoms with Crippen LogP contribution in [0.1, 0.15) is 5.56 Å². The Kier molecular flexibility index (Phi) is 4.43. The van der Waals surface area contributed by atoms with Crippen molar-refractivity contribution in [3.8, 4) is 0 Å². The molecular formula is C14H15FN2O2S2. The normalized spacial score (nSPS) is 11.4. The van der Waals surface area contributed by atoms with Gasteiger partial charge in [-0.2, -0.15) is 0 Å². The van der Waals surface area contributed by atoms with E-state index in [4.69, 9.17) is 5.73 Å². The number of sulfonamides is 1. The number of hydrogen-bond donors (Lipinski definition) is 2. The van der Waals surface area contributed by atoms with Gasteiger partial charge in [0, 0.05) is 10.6 Å². The van der Waals surface area contributed by atoms with E-state index in [0.29, 0.717) is 11.3 Å². The van der Waals surface area contributed by atoms with E-state index in [9.17, 15) is 12.8 Å². The molecule has 0 aromatic heterocycles. The summed E-state index contributed by atoms with van der Waals surface area (Å²) in [7, 11) is -3.81. The van der Waals surface area contributed by atoms with Crippen LogP contribution in [0.15, 0.2) is 46.2 Å². The zero-order valence-electron chi connectivity index (χ0n) is 11.6. The summed E-state index contributed by atoms with van der Waals surface area (Å²) in [6.45, 7) is 1.52. The average Bonchev–Trinajstić information content (AvgIpc) is 2.43. The molecule has 0 bridgehead atoms. The van der Waals surface area contributed by atoms with Crippen LogP contribution in [0.5, 0.6) is 0 Å². The summed E-state index contributed by atoms with van der Waals surface area (Å²) in [5, 5.41) is 0. The molecule has 0 atom stereocenters. The van der Waals surface area contributed by atoms with Gasteiger partial charge in [-0.05, 0) is 55.1 Å². The maximum atomic E-state index is 13.3. The highest BCUT2D eigenvalue weighted by Gasteiger charge is 2.19. The van der Waals surface area contributed by atoms with E-state index in [1.54, 1.807) is 23.9 Å². The van der Waals surface area contributed by atoms with Crippen LogP contribution in [-0.2, 0) is 10.0 Å². The maximum Gasteiger partial charge on any atom is 0.262 e. The van der Waals surface area contributed by atoms with Gasteiger partial charge in [-0.25, -0.2) is 12.8 Å². The highest BCUT2D eigenvalue weighted by atomic mass is 32.2. The predicted molar refractivity (Wildman–Crippen MR) is 84.6 cm³/mol. The number of halogens is 1. The summed E-state index contributed by atoms with van der Waals surface area (Å²) in [6, 6.07) is 9.21. The number of hydrogen-bond acceptors (Lipinski definition) is 4. The van der Waals surface area contributed by atoms with Crippen molar-refractivity contribution in [1.29, 1.82) is 0 Å². The predicted octanol–water partition coefficient (Wildman–Crippen LogP) is 3.24. The van der Waals surface area contributed by atoms with E-state index in [0.717, 1.165) is 17.0 Å². The largest absolute Gasteiger partial charge is 0.396 e. The number of aryl methyl sites for hydroxylation is 1. The zero-order chi connectivity index (χ0) is 15.6. The molecule has 0 aliphatic heterocycles. The SMILES string of the molecule is CSc1ccc(NS(=O)(=O)c2cc(N)c(F)cc2C)cc1. The van der Waals surface area contributed by atoms with E-state index in [1.807, 2.05) is 18.4 Å². The molecule has 0 saturated heterocycles. The molecule has 0 saturated carbocycles. The lowest BCUT2D eigenvalue weighted by molar-refractivity contribution is 0.599. The molecule has 0 radical (unpaired) electrons. The quantitative estimate of drug-likeness (QED) is 0.668. The average molecular weight is 326 g/mol. The molecule has 2 aromatic rings. The summed E-state index contributed by atoms with van der Waals surface area (Å²) in [5.74, 6) is -0.629. The first kappa shape index (κ1) is 15.7. The minimum absolute atomic E-state index is 0.0321. The van der Waals surface area contributed by atoms with Crippen molar-refractivity contribution >= 4 is 33.2 Å².